The van der Waals surface area contributed by atoms with Crippen molar-refractivity contribution in [1.29, 1.82) is 0 Å². The summed E-state index contributed by atoms with van der Waals surface area (Å²) < 4.78 is 15.9. The SMILES string of the molecule is COc1ccc(C(C(=O)O)N2CCN(C(=O)OC(C)(C)C)CC2)c(OC)c1. The summed E-state index contributed by atoms with van der Waals surface area (Å²) in [6.07, 6.45) is -0.379. The minimum atomic E-state index is -0.968. The van der Waals surface area contributed by atoms with Crippen LogP contribution in [0.15, 0.2) is 18.2 Å². The van der Waals surface area contributed by atoms with Crippen molar-refractivity contribution in [3.8, 4) is 11.5 Å². The van der Waals surface area contributed by atoms with Crippen molar-refractivity contribution >= 4 is 12.1 Å². The molecule has 0 aromatic heterocycles. The topological polar surface area (TPSA) is 88.5 Å². The van der Waals surface area contributed by atoms with Crippen LogP contribution in [0.25, 0.3) is 0 Å². The van der Waals surface area contributed by atoms with Gasteiger partial charge >= 0.3 is 12.1 Å². The molecule has 1 fully saturated rings. The van der Waals surface area contributed by atoms with Crippen molar-refractivity contribution in [3.63, 3.8) is 0 Å². The molecule has 0 saturated carbocycles. The maximum atomic E-state index is 12.2. The summed E-state index contributed by atoms with van der Waals surface area (Å²) in [5.41, 5.74) is -0.00890. The van der Waals surface area contributed by atoms with Gasteiger partial charge in [0.15, 0.2) is 0 Å². The van der Waals surface area contributed by atoms with E-state index in [-0.39, 0.29) is 6.09 Å². The largest absolute Gasteiger partial charge is 0.497 e. The van der Waals surface area contributed by atoms with Crippen molar-refractivity contribution in [3.05, 3.63) is 23.8 Å². The Hall–Kier alpha value is -2.48. The predicted molar refractivity (Wildman–Crippen MR) is 99.3 cm³/mol. The third kappa shape index (κ3) is 5.26. The quantitative estimate of drug-likeness (QED) is 0.839. The van der Waals surface area contributed by atoms with Gasteiger partial charge in [-0.3, -0.25) is 9.69 Å². The van der Waals surface area contributed by atoms with E-state index in [0.29, 0.717) is 43.2 Å². The van der Waals surface area contributed by atoms with Crippen LogP contribution in [0, 0.1) is 0 Å². The Labute approximate surface area is 159 Å². The summed E-state index contributed by atoms with van der Waals surface area (Å²) in [6, 6.07) is 4.22. The Kier molecular flexibility index (Phi) is 6.54. The number of hydrogen-bond acceptors (Lipinski definition) is 6. The first kappa shape index (κ1) is 20.8. The van der Waals surface area contributed by atoms with Gasteiger partial charge in [-0.2, -0.15) is 0 Å². The van der Waals surface area contributed by atoms with Crippen LogP contribution in [0.4, 0.5) is 4.79 Å². The predicted octanol–water partition coefficient (Wildman–Crippen LogP) is 2.38. The molecular weight excluding hydrogens is 352 g/mol. The van der Waals surface area contributed by atoms with E-state index in [2.05, 4.69) is 0 Å². The van der Waals surface area contributed by atoms with Crippen LogP contribution in [-0.4, -0.2) is 73.0 Å². The van der Waals surface area contributed by atoms with E-state index >= 15 is 0 Å². The second-order valence-corrected chi connectivity index (χ2v) is 7.35. The molecule has 1 saturated heterocycles. The normalized spacial score (nSPS) is 16.6. The first-order valence-electron chi connectivity index (χ1n) is 8.83. The maximum Gasteiger partial charge on any atom is 0.410 e. The molecule has 0 bridgehead atoms. The number of hydrogen-bond donors (Lipinski definition) is 1. The molecule has 1 heterocycles. The highest BCUT2D eigenvalue weighted by atomic mass is 16.6. The summed E-state index contributed by atoms with van der Waals surface area (Å²) in [6.45, 7) is 7.10. The number of nitrogens with zero attached hydrogens (tertiary/aromatic N) is 2. The molecule has 1 aliphatic heterocycles. The molecule has 0 aliphatic carbocycles. The molecule has 1 amide bonds. The molecule has 8 nitrogen and oxygen atoms in total. The molecule has 0 spiro atoms. The van der Waals surface area contributed by atoms with Crippen LogP contribution < -0.4 is 9.47 Å². The fourth-order valence-electron chi connectivity index (χ4n) is 3.02. The lowest BCUT2D eigenvalue weighted by Crippen LogP contribution is -2.52. The van der Waals surface area contributed by atoms with Gasteiger partial charge in [-0.15, -0.1) is 0 Å². The number of benzene rings is 1. The number of carboxylic acids is 1. The van der Waals surface area contributed by atoms with Crippen molar-refractivity contribution < 1.29 is 28.9 Å². The van der Waals surface area contributed by atoms with E-state index in [1.54, 1.807) is 30.2 Å². The van der Waals surface area contributed by atoms with Gasteiger partial charge in [-0.25, -0.2) is 4.79 Å². The number of rotatable bonds is 5. The monoisotopic (exact) mass is 380 g/mol. The summed E-state index contributed by atoms with van der Waals surface area (Å²) >= 11 is 0. The highest BCUT2D eigenvalue weighted by Gasteiger charge is 2.34. The molecular formula is C19H28N2O6. The average molecular weight is 380 g/mol. The van der Waals surface area contributed by atoms with E-state index in [0.717, 1.165) is 0 Å². The minimum Gasteiger partial charge on any atom is -0.497 e. The summed E-state index contributed by atoms with van der Waals surface area (Å²) in [4.78, 5) is 27.6. The fraction of sp³-hybridized carbons (Fsp3) is 0.579. The fourth-order valence-corrected chi connectivity index (χ4v) is 3.02. The molecule has 1 N–H and O–H groups in total. The second kappa shape index (κ2) is 8.47. The maximum absolute atomic E-state index is 12.2. The molecule has 8 heteroatoms. The van der Waals surface area contributed by atoms with Gasteiger partial charge in [0.05, 0.1) is 14.2 Å². The number of carbonyl (C=O) groups excluding carboxylic acids is 1. The van der Waals surface area contributed by atoms with Gasteiger partial charge in [0.25, 0.3) is 0 Å². The third-order valence-electron chi connectivity index (χ3n) is 4.30. The Bertz CT molecular complexity index is 677. The summed E-state index contributed by atoms with van der Waals surface area (Å²) in [7, 11) is 3.04. The lowest BCUT2D eigenvalue weighted by molar-refractivity contribution is -0.144. The summed E-state index contributed by atoms with van der Waals surface area (Å²) in [5.74, 6) is 0.0787. The molecule has 27 heavy (non-hydrogen) atoms. The van der Waals surface area contributed by atoms with Gasteiger partial charge in [0.2, 0.25) is 0 Å². The van der Waals surface area contributed by atoms with E-state index in [1.165, 1.54) is 7.11 Å². The Morgan fingerprint density at radius 2 is 1.70 bits per heavy atom. The van der Waals surface area contributed by atoms with Crippen LogP contribution in [0.1, 0.15) is 32.4 Å². The van der Waals surface area contributed by atoms with Crippen LogP contribution in [0.2, 0.25) is 0 Å². The number of amides is 1. The first-order valence-corrected chi connectivity index (χ1v) is 8.83. The molecule has 1 aliphatic rings. The zero-order chi connectivity index (χ0) is 20.2. The molecule has 1 aromatic carbocycles. The van der Waals surface area contributed by atoms with E-state index < -0.39 is 17.6 Å². The number of aliphatic carboxylic acids is 1. The van der Waals surface area contributed by atoms with Gasteiger partial charge < -0.3 is 24.2 Å². The van der Waals surface area contributed by atoms with E-state index in [1.807, 2.05) is 25.7 Å². The van der Waals surface area contributed by atoms with Crippen LogP contribution in [-0.2, 0) is 9.53 Å². The molecule has 1 aromatic rings. The van der Waals surface area contributed by atoms with Crippen LogP contribution >= 0.6 is 0 Å². The smallest absolute Gasteiger partial charge is 0.410 e. The zero-order valence-electron chi connectivity index (χ0n) is 16.5. The zero-order valence-corrected chi connectivity index (χ0v) is 16.5. The number of carbonyl (C=O) groups is 2. The molecule has 1 atom stereocenters. The van der Waals surface area contributed by atoms with E-state index in [9.17, 15) is 14.7 Å². The van der Waals surface area contributed by atoms with Crippen LogP contribution in [0.3, 0.4) is 0 Å². The standard InChI is InChI=1S/C19H28N2O6/c1-19(2,3)27-18(24)21-10-8-20(9-11-21)16(17(22)23)14-7-6-13(25-4)12-15(14)26-5/h6-7,12,16H,8-11H2,1-5H3,(H,22,23). The highest BCUT2D eigenvalue weighted by molar-refractivity contribution is 5.77. The van der Waals surface area contributed by atoms with Gasteiger partial charge in [-0.05, 0) is 32.9 Å². The molecule has 150 valence electrons. The van der Waals surface area contributed by atoms with E-state index in [4.69, 9.17) is 14.2 Å². The number of methoxy groups -OCH3 is 2. The minimum absolute atomic E-state index is 0.379. The van der Waals surface area contributed by atoms with Crippen molar-refractivity contribution in [1.82, 2.24) is 9.80 Å². The number of carboxylic acid groups (broad SMARTS) is 1. The van der Waals surface area contributed by atoms with Gasteiger partial charge in [0.1, 0.15) is 23.1 Å². The average Bonchev–Trinajstić information content (AvgIpc) is 2.61. The third-order valence-corrected chi connectivity index (χ3v) is 4.30. The lowest BCUT2D eigenvalue weighted by atomic mass is 10.0. The van der Waals surface area contributed by atoms with Gasteiger partial charge in [0, 0.05) is 37.8 Å². The Morgan fingerprint density at radius 1 is 1.07 bits per heavy atom. The number of piperazine rings is 1. The molecule has 1 unspecified atom stereocenters. The Balaban J connectivity index is 2.14. The van der Waals surface area contributed by atoms with Gasteiger partial charge in [-0.1, -0.05) is 0 Å². The van der Waals surface area contributed by atoms with Crippen molar-refractivity contribution in [2.75, 3.05) is 40.4 Å². The second-order valence-electron chi connectivity index (χ2n) is 7.35. The lowest BCUT2D eigenvalue weighted by Gasteiger charge is -2.38. The number of ether oxygens (including phenoxy) is 3. The van der Waals surface area contributed by atoms with Crippen molar-refractivity contribution in [2.45, 2.75) is 32.4 Å². The molecule has 0 radical (unpaired) electrons. The highest BCUT2D eigenvalue weighted by Crippen LogP contribution is 2.33. The van der Waals surface area contributed by atoms with Crippen LogP contribution in [0.5, 0.6) is 11.5 Å². The Morgan fingerprint density at radius 3 is 2.19 bits per heavy atom. The molecule has 2 rings (SSSR count). The summed E-state index contributed by atoms with van der Waals surface area (Å²) in [5, 5.41) is 9.82. The first-order chi connectivity index (χ1) is 12.7. The van der Waals surface area contributed by atoms with Crippen molar-refractivity contribution in [2.24, 2.45) is 0 Å².